The van der Waals surface area contributed by atoms with Gasteiger partial charge in [-0.2, -0.15) is 0 Å². The second-order valence-corrected chi connectivity index (χ2v) is 5.80. The zero-order valence-corrected chi connectivity index (χ0v) is 12.6. The monoisotopic (exact) mass is 278 g/mol. The minimum absolute atomic E-state index is 0.931. The van der Waals surface area contributed by atoms with Gasteiger partial charge in [0, 0.05) is 5.56 Å². The number of aryl methyl sites for hydroxylation is 1. The SMILES string of the molecule is C#Cc1ccc(C#Cc2ccc(CCCCC)cc2)s1. The van der Waals surface area contributed by atoms with E-state index in [0.717, 1.165) is 21.7 Å². The van der Waals surface area contributed by atoms with E-state index in [1.807, 2.05) is 12.1 Å². The summed E-state index contributed by atoms with van der Waals surface area (Å²) in [5.41, 5.74) is 2.45. The summed E-state index contributed by atoms with van der Waals surface area (Å²) in [7, 11) is 0. The van der Waals surface area contributed by atoms with Crippen LogP contribution in [0.5, 0.6) is 0 Å². The predicted octanol–water partition coefficient (Wildman–Crippen LogP) is 4.86. The van der Waals surface area contributed by atoms with E-state index in [9.17, 15) is 0 Å². The summed E-state index contributed by atoms with van der Waals surface area (Å²) in [5.74, 6) is 8.97. The topological polar surface area (TPSA) is 0 Å². The van der Waals surface area contributed by atoms with Gasteiger partial charge in [0.15, 0.2) is 0 Å². The van der Waals surface area contributed by atoms with Crippen LogP contribution in [0, 0.1) is 24.2 Å². The van der Waals surface area contributed by atoms with Crippen LogP contribution < -0.4 is 0 Å². The van der Waals surface area contributed by atoms with E-state index < -0.39 is 0 Å². The van der Waals surface area contributed by atoms with Crippen molar-refractivity contribution in [2.75, 3.05) is 0 Å². The van der Waals surface area contributed by atoms with E-state index in [1.54, 1.807) is 11.3 Å². The van der Waals surface area contributed by atoms with Gasteiger partial charge < -0.3 is 0 Å². The van der Waals surface area contributed by atoms with Gasteiger partial charge in [-0.1, -0.05) is 49.7 Å². The second kappa shape index (κ2) is 7.59. The van der Waals surface area contributed by atoms with E-state index in [0.29, 0.717) is 0 Å². The fourth-order valence-corrected chi connectivity index (χ4v) is 2.62. The van der Waals surface area contributed by atoms with Crippen LogP contribution in [0.15, 0.2) is 36.4 Å². The molecule has 1 aromatic carbocycles. The molecule has 1 aromatic heterocycles. The van der Waals surface area contributed by atoms with Gasteiger partial charge in [0.2, 0.25) is 0 Å². The molecule has 0 fully saturated rings. The zero-order valence-electron chi connectivity index (χ0n) is 11.8. The molecular formula is C19H18S. The van der Waals surface area contributed by atoms with Gasteiger partial charge in [-0.3, -0.25) is 0 Å². The van der Waals surface area contributed by atoms with Gasteiger partial charge in [-0.15, -0.1) is 17.8 Å². The van der Waals surface area contributed by atoms with Crippen molar-refractivity contribution in [3.8, 4) is 24.2 Å². The molecule has 0 aliphatic carbocycles. The normalized spacial score (nSPS) is 9.60. The average molecular weight is 278 g/mol. The van der Waals surface area contributed by atoms with Crippen LogP contribution in [0.25, 0.3) is 0 Å². The third kappa shape index (κ3) is 4.30. The summed E-state index contributed by atoms with van der Waals surface area (Å²) in [4.78, 5) is 1.95. The molecular weight excluding hydrogens is 260 g/mol. The molecule has 20 heavy (non-hydrogen) atoms. The van der Waals surface area contributed by atoms with E-state index in [-0.39, 0.29) is 0 Å². The molecule has 0 saturated heterocycles. The van der Waals surface area contributed by atoms with Crippen molar-refractivity contribution in [1.82, 2.24) is 0 Å². The maximum absolute atomic E-state index is 5.35. The molecule has 0 bridgehead atoms. The quantitative estimate of drug-likeness (QED) is 0.553. The lowest BCUT2D eigenvalue weighted by atomic mass is 10.1. The highest BCUT2D eigenvalue weighted by molar-refractivity contribution is 7.13. The average Bonchev–Trinajstić information content (AvgIpc) is 2.95. The number of thiophene rings is 1. The Labute approximate surface area is 125 Å². The Hall–Kier alpha value is -1.96. The Morgan fingerprint density at radius 2 is 1.70 bits per heavy atom. The Balaban J connectivity index is 1.99. The number of benzene rings is 1. The summed E-state index contributed by atoms with van der Waals surface area (Å²) in [5, 5.41) is 0. The molecule has 1 heterocycles. The Bertz CT molecular complexity index is 642. The van der Waals surface area contributed by atoms with E-state index in [4.69, 9.17) is 6.42 Å². The van der Waals surface area contributed by atoms with Crippen molar-refractivity contribution in [2.24, 2.45) is 0 Å². The fourth-order valence-electron chi connectivity index (χ4n) is 1.95. The Morgan fingerprint density at radius 1 is 0.950 bits per heavy atom. The van der Waals surface area contributed by atoms with Crippen molar-refractivity contribution < 1.29 is 0 Å². The molecule has 0 aliphatic heterocycles. The van der Waals surface area contributed by atoms with Crippen molar-refractivity contribution >= 4 is 11.3 Å². The first-order valence-electron chi connectivity index (χ1n) is 6.99. The highest BCUT2D eigenvalue weighted by Crippen LogP contribution is 2.14. The third-order valence-electron chi connectivity index (χ3n) is 3.10. The standard InChI is InChI=1S/C19H18S/c1-3-5-6-7-16-8-10-17(11-9-16)12-13-19-15-14-18(4-2)20-19/h2,8-11,14-15H,3,5-7H2,1H3. The van der Waals surface area contributed by atoms with E-state index in [1.165, 1.54) is 24.8 Å². The smallest absolute Gasteiger partial charge is 0.0785 e. The molecule has 2 rings (SSSR count). The first kappa shape index (κ1) is 14.4. The summed E-state index contributed by atoms with van der Waals surface area (Å²) in [6, 6.07) is 12.5. The van der Waals surface area contributed by atoms with Gasteiger partial charge in [-0.05, 0) is 42.7 Å². The summed E-state index contributed by atoms with van der Waals surface area (Å²) >= 11 is 1.56. The van der Waals surface area contributed by atoms with Crippen LogP contribution in [-0.4, -0.2) is 0 Å². The van der Waals surface area contributed by atoms with Crippen molar-refractivity contribution in [2.45, 2.75) is 32.6 Å². The Morgan fingerprint density at radius 3 is 2.35 bits per heavy atom. The van der Waals surface area contributed by atoms with Gasteiger partial charge in [0.1, 0.15) is 0 Å². The molecule has 0 unspecified atom stereocenters. The number of hydrogen-bond acceptors (Lipinski definition) is 1. The van der Waals surface area contributed by atoms with Crippen LogP contribution in [-0.2, 0) is 6.42 Å². The fraction of sp³-hybridized carbons (Fsp3) is 0.263. The zero-order chi connectivity index (χ0) is 14.2. The molecule has 0 atom stereocenters. The molecule has 0 N–H and O–H groups in total. The lowest BCUT2D eigenvalue weighted by Gasteiger charge is -2.00. The number of rotatable bonds is 4. The van der Waals surface area contributed by atoms with Gasteiger partial charge in [-0.25, -0.2) is 0 Å². The first-order valence-corrected chi connectivity index (χ1v) is 7.81. The molecule has 100 valence electrons. The van der Waals surface area contributed by atoms with Crippen LogP contribution in [0.3, 0.4) is 0 Å². The number of unbranched alkanes of at least 4 members (excludes halogenated alkanes) is 2. The van der Waals surface area contributed by atoms with E-state index >= 15 is 0 Å². The largest absolute Gasteiger partial charge is 0.118 e. The molecule has 0 radical (unpaired) electrons. The number of hydrogen-bond donors (Lipinski definition) is 0. The molecule has 0 aliphatic rings. The van der Waals surface area contributed by atoms with Crippen molar-refractivity contribution in [1.29, 1.82) is 0 Å². The van der Waals surface area contributed by atoms with Crippen molar-refractivity contribution in [3.63, 3.8) is 0 Å². The maximum Gasteiger partial charge on any atom is 0.0785 e. The van der Waals surface area contributed by atoms with E-state index in [2.05, 4.69) is 49.0 Å². The van der Waals surface area contributed by atoms with Crippen LogP contribution in [0.4, 0.5) is 0 Å². The van der Waals surface area contributed by atoms with Crippen molar-refractivity contribution in [3.05, 3.63) is 57.3 Å². The highest BCUT2D eigenvalue weighted by atomic mass is 32.1. The lowest BCUT2D eigenvalue weighted by molar-refractivity contribution is 0.717. The highest BCUT2D eigenvalue weighted by Gasteiger charge is 1.95. The Kier molecular flexibility index (Phi) is 5.48. The summed E-state index contributed by atoms with van der Waals surface area (Å²) in [6.45, 7) is 2.23. The van der Waals surface area contributed by atoms with Gasteiger partial charge in [0.05, 0.1) is 9.75 Å². The van der Waals surface area contributed by atoms with Crippen LogP contribution >= 0.6 is 11.3 Å². The predicted molar refractivity (Wildman–Crippen MR) is 87.9 cm³/mol. The molecule has 0 nitrogen and oxygen atoms in total. The third-order valence-corrected chi connectivity index (χ3v) is 4.03. The summed E-state index contributed by atoms with van der Waals surface area (Å²) < 4.78 is 0. The first-order chi connectivity index (χ1) is 9.81. The minimum atomic E-state index is 0.931. The molecule has 1 heteroatoms. The minimum Gasteiger partial charge on any atom is -0.118 e. The molecule has 0 spiro atoms. The molecule has 0 saturated carbocycles. The maximum atomic E-state index is 5.35. The van der Waals surface area contributed by atoms with Crippen LogP contribution in [0.1, 0.15) is 47.1 Å². The molecule has 0 amide bonds. The van der Waals surface area contributed by atoms with Gasteiger partial charge in [0.25, 0.3) is 0 Å². The lowest BCUT2D eigenvalue weighted by Crippen LogP contribution is -1.85. The van der Waals surface area contributed by atoms with Gasteiger partial charge >= 0.3 is 0 Å². The molecule has 2 aromatic rings. The second-order valence-electron chi connectivity index (χ2n) is 4.71. The summed E-state index contributed by atoms with van der Waals surface area (Å²) in [6.07, 6.45) is 10.4. The van der Waals surface area contributed by atoms with Crippen LogP contribution in [0.2, 0.25) is 0 Å². The number of terminal acetylenes is 1.